The van der Waals surface area contributed by atoms with E-state index in [2.05, 4.69) is 121 Å². The minimum atomic E-state index is 0.693. The zero-order valence-electron chi connectivity index (χ0n) is 21.3. The van der Waals surface area contributed by atoms with Gasteiger partial charge in [0.15, 0.2) is 5.82 Å². The Kier molecular flexibility index (Phi) is 5.18. The number of fused-ring (bicyclic) bond motifs is 3. The van der Waals surface area contributed by atoms with Crippen LogP contribution in [0.25, 0.3) is 50.0 Å². The van der Waals surface area contributed by atoms with E-state index in [1.165, 1.54) is 66.4 Å². The third-order valence-corrected chi connectivity index (χ3v) is 7.10. The van der Waals surface area contributed by atoms with E-state index >= 15 is 0 Å². The van der Waals surface area contributed by atoms with Crippen LogP contribution in [0.3, 0.4) is 0 Å². The first-order valence-corrected chi connectivity index (χ1v) is 12.3. The summed E-state index contributed by atoms with van der Waals surface area (Å²) in [5.41, 5.74) is 13.5. The van der Waals surface area contributed by atoms with Crippen molar-refractivity contribution in [1.82, 2.24) is 19.5 Å². The van der Waals surface area contributed by atoms with Gasteiger partial charge in [0, 0.05) is 16.3 Å². The van der Waals surface area contributed by atoms with Crippen LogP contribution in [-0.2, 0) is 0 Å². The van der Waals surface area contributed by atoms with E-state index in [-0.39, 0.29) is 0 Å². The summed E-state index contributed by atoms with van der Waals surface area (Å²) in [6, 6.07) is 24.5. The van der Waals surface area contributed by atoms with Crippen molar-refractivity contribution in [1.29, 1.82) is 0 Å². The van der Waals surface area contributed by atoms with E-state index in [1.54, 1.807) is 12.7 Å². The van der Waals surface area contributed by atoms with Crippen molar-refractivity contribution < 1.29 is 0 Å². The van der Waals surface area contributed by atoms with Crippen molar-refractivity contribution in [2.45, 2.75) is 34.6 Å². The highest BCUT2D eigenvalue weighted by Crippen LogP contribution is 2.38. The van der Waals surface area contributed by atoms with Gasteiger partial charge in [-0.3, -0.25) is 0 Å². The molecule has 2 aromatic heterocycles. The minimum absolute atomic E-state index is 0.693. The van der Waals surface area contributed by atoms with Crippen molar-refractivity contribution in [3.8, 4) is 28.2 Å². The number of rotatable bonds is 3. The predicted octanol–water partition coefficient (Wildman–Crippen LogP) is 7.84. The standard InChI is InChI=1S/C32H28N4/c1-19-12-20(2)30(21(3)13-19)24-10-11-29-27(16-24)26-8-6-7-9-28(26)36(29)31-22(4)14-25(15-23(31)5)32-34-17-33-18-35-32/h6-18H,1-5H3. The summed E-state index contributed by atoms with van der Waals surface area (Å²) in [5, 5.41) is 2.53. The molecule has 0 aliphatic heterocycles. The Hall–Kier alpha value is -4.31. The number of hydrogen-bond donors (Lipinski definition) is 0. The lowest BCUT2D eigenvalue weighted by molar-refractivity contribution is 1.05. The lowest BCUT2D eigenvalue weighted by Gasteiger charge is -2.16. The van der Waals surface area contributed by atoms with E-state index < -0.39 is 0 Å². The Morgan fingerprint density at radius 3 is 1.92 bits per heavy atom. The number of hydrogen-bond acceptors (Lipinski definition) is 3. The van der Waals surface area contributed by atoms with Gasteiger partial charge >= 0.3 is 0 Å². The average Bonchev–Trinajstić information content (AvgIpc) is 3.17. The summed E-state index contributed by atoms with van der Waals surface area (Å²) < 4.78 is 2.41. The maximum Gasteiger partial charge on any atom is 0.162 e. The molecule has 176 valence electrons. The molecule has 0 radical (unpaired) electrons. The number of para-hydroxylation sites is 1. The van der Waals surface area contributed by atoms with Crippen LogP contribution in [0.5, 0.6) is 0 Å². The van der Waals surface area contributed by atoms with E-state index in [4.69, 9.17) is 0 Å². The van der Waals surface area contributed by atoms with Crippen LogP contribution in [0, 0.1) is 34.6 Å². The molecule has 36 heavy (non-hydrogen) atoms. The summed E-state index contributed by atoms with van der Waals surface area (Å²) in [6.45, 7) is 10.9. The minimum Gasteiger partial charge on any atom is -0.309 e. The van der Waals surface area contributed by atoms with Crippen molar-refractivity contribution in [2.24, 2.45) is 0 Å². The highest BCUT2D eigenvalue weighted by atomic mass is 15.0. The van der Waals surface area contributed by atoms with Crippen molar-refractivity contribution in [3.63, 3.8) is 0 Å². The fourth-order valence-electron chi connectivity index (χ4n) is 5.83. The third-order valence-electron chi connectivity index (χ3n) is 7.10. The van der Waals surface area contributed by atoms with Gasteiger partial charge in [-0.05, 0) is 98.3 Å². The molecule has 0 saturated carbocycles. The Balaban J connectivity index is 1.61. The van der Waals surface area contributed by atoms with Gasteiger partial charge in [0.25, 0.3) is 0 Å². The second-order valence-electron chi connectivity index (χ2n) is 9.78. The number of aryl methyl sites for hydroxylation is 5. The molecule has 6 aromatic rings. The molecule has 4 nitrogen and oxygen atoms in total. The molecule has 4 heteroatoms. The summed E-state index contributed by atoms with van der Waals surface area (Å²) in [6.07, 6.45) is 3.09. The van der Waals surface area contributed by atoms with Crippen molar-refractivity contribution >= 4 is 21.8 Å². The average molecular weight is 469 g/mol. The molecule has 4 aromatic carbocycles. The Morgan fingerprint density at radius 1 is 0.583 bits per heavy atom. The first-order chi connectivity index (χ1) is 17.4. The van der Waals surface area contributed by atoms with E-state index in [0.717, 1.165) is 5.56 Å². The van der Waals surface area contributed by atoms with Gasteiger partial charge in [0.05, 0.1) is 16.7 Å². The summed E-state index contributed by atoms with van der Waals surface area (Å²) in [5.74, 6) is 0.693. The largest absolute Gasteiger partial charge is 0.309 e. The topological polar surface area (TPSA) is 43.6 Å². The molecule has 2 heterocycles. The first kappa shape index (κ1) is 22.2. The van der Waals surface area contributed by atoms with Crippen molar-refractivity contribution in [2.75, 3.05) is 0 Å². The lowest BCUT2D eigenvalue weighted by Crippen LogP contribution is -2.01. The van der Waals surface area contributed by atoms with Crippen LogP contribution >= 0.6 is 0 Å². The molecular formula is C32H28N4. The molecule has 6 rings (SSSR count). The fourth-order valence-corrected chi connectivity index (χ4v) is 5.83. The Morgan fingerprint density at radius 2 is 1.22 bits per heavy atom. The summed E-state index contributed by atoms with van der Waals surface area (Å²) in [7, 11) is 0. The third kappa shape index (κ3) is 3.49. The molecule has 0 spiro atoms. The summed E-state index contributed by atoms with van der Waals surface area (Å²) in [4.78, 5) is 12.7. The molecular weight excluding hydrogens is 440 g/mol. The van der Waals surface area contributed by atoms with E-state index in [1.807, 2.05) is 0 Å². The Bertz CT molecular complexity index is 1730. The molecule has 0 atom stereocenters. The molecule has 0 amide bonds. The predicted molar refractivity (Wildman–Crippen MR) is 149 cm³/mol. The number of nitrogens with zero attached hydrogens (tertiary/aromatic N) is 4. The lowest BCUT2D eigenvalue weighted by atomic mass is 9.93. The van der Waals surface area contributed by atoms with Crippen molar-refractivity contribution in [3.05, 3.63) is 107 Å². The van der Waals surface area contributed by atoms with Gasteiger partial charge in [-0.15, -0.1) is 0 Å². The first-order valence-electron chi connectivity index (χ1n) is 12.3. The maximum absolute atomic E-state index is 4.35. The zero-order chi connectivity index (χ0) is 25.0. The highest BCUT2D eigenvalue weighted by molar-refractivity contribution is 6.10. The molecule has 0 N–H and O–H groups in total. The molecule has 0 saturated heterocycles. The quantitative estimate of drug-likeness (QED) is 0.266. The van der Waals surface area contributed by atoms with Gasteiger partial charge in [0.1, 0.15) is 12.7 Å². The summed E-state index contributed by atoms with van der Waals surface area (Å²) >= 11 is 0. The van der Waals surface area contributed by atoms with Crippen LogP contribution in [0.4, 0.5) is 0 Å². The van der Waals surface area contributed by atoms with Gasteiger partial charge < -0.3 is 4.57 Å². The normalized spacial score (nSPS) is 11.5. The molecule has 0 unspecified atom stereocenters. The second-order valence-corrected chi connectivity index (χ2v) is 9.78. The van der Waals surface area contributed by atoms with Crippen LogP contribution < -0.4 is 0 Å². The smallest absolute Gasteiger partial charge is 0.162 e. The number of aromatic nitrogens is 4. The highest BCUT2D eigenvalue weighted by Gasteiger charge is 2.18. The van der Waals surface area contributed by atoms with E-state index in [0.29, 0.717) is 5.82 Å². The second kappa shape index (κ2) is 8.42. The SMILES string of the molecule is Cc1cc(C)c(-c2ccc3c(c2)c2ccccc2n3-c2c(C)cc(-c3ncncn3)cc2C)c(C)c1. The maximum atomic E-state index is 4.35. The number of benzene rings is 4. The van der Waals surface area contributed by atoms with Gasteiger partial charge in [-0.2, -0.15) is 0 Å². The fraction of sp³-hybridized carbons (Fsp3) is 0.156. The van der Waals surface area contributed by atoms with Gasteiger partial charge in [-0.1, -0.05) is 42.0 Å². The molecule has 0 bridgehead atoms. The molecule has 0 fully saturated rings. The van der Waals surface area contributed by atoms with Crippen LogP contribution in [0.1, 0.15) is 27.8 Å². The Labute approximate surface area is 211 Å². The molecule has 0 aliphatic carbocycles. The zero-order valence-corrected chi connectivity index (χ0v) is 21.3. The van der Waals surface area contributed by atoms with Crippen LogP contribution in [0.2, 0.25) is 0 Å². The van der Waals surface area contributed by atoms with E-state index in [9.17, 15) is 0 Å². The monoisotopic (exact) mass is 468 g/mol. The van der Waals surface area contributed by atoms with Gasteiger partial charge in [-0.25, -0.2) is 15.0 Å². The van der Waals surface area contributed by atoms with Crippen LogP contribution in [0.15, 0.2) is 79.4 Å². The molecule has 0 aliphatic rings. The van der Waals surface area contributed by atoms with Crippen LogP contribution in [-0.4, -0.2) is 19.5 Å². The van der Waals surface area contributed by atoms with Gasteiger partial charge in [0.2, 0.25) is 0 Å².